The molecule has 0 spiro atoms. The number of ether oxygens (including phenoxy) is 1. The van der Waals surface area contributed by atoms with Crippen LogP contribution in [0.25, 0.3) is 0 Å². The highest BCUT2D eigenvalue weighted by Crippen LogP contribution is 1.99. The van der Waals surface area contributed by atoms with E-state index in [1.807, 2.05) is 0 Å². The second-order valence-corrected chi connectivity index (χ2v) is 4.41. The molecule has 0 radical (unpaired) electrons. The van der Waals surface area contributed by atoms with E-state index in [1.54, 1.807) is 6.08 Å². The van der Waals surface area contributed by atoms with E-state index in [9.17, 15) is 8.42 Å². The molecule has 0 aromatic rings. The van der Waals surface area contributed by atoms with Gasteiger partial charge in [0, 0.05) is 20.2 Å². The number of nitrogens with two attached hydrogens (primary N) is 1. The highest BCUT2D eigenvalue weighted by molar-refractivity contribution is 7.86. The van der Waals surface area contributed by atoms with Gasteiger partial charge in [-0.3, -0.25) is 0 Å². The molecule has 0 aliphatic heterocycles. The van der Waals surface area contributed by atoms with Gasteiger partial charge in [-0.05, 0) is 12.8 Å². The second-order valence-electron chi connectivity index (χ2n) is 2.87. The number of unbranched alkanes of at least 4 members (excludes halogenated alkanes) is 1. The van der Waals surface area contributed by atoms with Gasteiger partial charge in [-0.15, -0.1) is 6.58 Å². The van der Waals surface area contributed by atoms with Crippen molar-refractivity contribution < 1.29 is 13.2 Å². The zero-order chi connectivity index (χ0) is 11.0. The van der Waals surface area contributed by atoms with Crippen LogP contribution in [0.1, 0.15) is 12.8 Å². The maximum atomic E-state index is 11.1. The Labute approximate surface area is 85.7 Å². The minimum Gasteiger partial charge on any atom is -0.383 e. The first-order valence-corrected chi connectivity index (χ1v) is 5.90. The highest BCUT2D eigenvalue weighted by atomic mass is 32.2. The summed E-state index contributed by atoms with van der Waals surface area (Å²) in [5, 5.41) is 5.02. The maximum absolute atomic E-state index is 11.1. The van der Waals surface area contributed by atoms with Crippen molar-refractivity contribution in [2.24, 2.45) is 5.14 Å². The molecule has 0 bridgehead atoms. The smallest absolute Gasteiger partial charge is 0.276 e. The van der Waals surface area contributed by atoms with Crippen molar-refractivity contribution in [3.05, 3.63) is 12.7 Å². The van der Waals surface area contributed by atoms with Crippen LogP contribution in [0.5, 0.6) is 0 Å². The quantitative estimate of drug-likeness (QED) is 0.468. The number of methoxy groups -OCH3 is 1. The lowest BCUT2D eigenvalue weighted by Crippen LogP contribution is -2.39. The summed E-state index contributed by atoms with van der Waals surface area (Å²) in [6.45, 7) is 4.62. The van der Waals surface area contributed by atoms with Gasteiger partial charge in [0.05, 0.1) is 6.61 Å². The topological polar surface area (TPSA) is 72.6 Å². The zero-order valence-electron chi connectivity index (χ0n) is 8.48. The molecular weight excluding hydrogens is 204 g/mol. The van der Waals surface area contributed by atoms with Crippen LogP contribution in [0.4, 0.5) is 0 Å². The molecule has 2 N–H and O–H groups in total. The van der Waals surface area contributed by atoms with Crippen molar-refractivity contribution in [1.82, 2.24) is 4.31 Å². The standard InChI is InChI=1S/C8H18N2O3S/c1-3-4-5-6-10(7-8-13-2)14(9,11)12/h3H,1,4-8H2,2H3,(H2,9,11,12). The third-order valence-electron chi connectivity index (χ3n) is 1.72. The Kier molecular flexibility index (Phi) is 6.73. The molecule has 0 aromatic carbocycles. The van der Waals surface area contributed by atoms with Gasteiger partial charge in [0.2, 0.25) is 0 Å². The monoisotopic (exact) mass is 222 g/mol. The molecule has 0 saturated carbocycles. The molecule has 14 heavy (non-hydrogen) atoms. The summed E-state index contributed by atoms with van der Waals surface area (Å²) < 4.78 is 28.1. The molecule has 6 heteroatoms. The number of allylic oxidation sites excluding steroid dienone is 1. The van der Waals surface area contributed by atoms with Gasteiger partial charge in [-0.25, -0.2) is 5.14 Å². The molecular formula is C8H18N2O3S. The third-order valence-corrected chi connectivity index (χ3v) is 2.81. The summed E-state index contributed by atoms with van der Waals surface area (Å²) in [5.74, 6) is 0. The van der Waals surface area contributed by atoms with E-state index in [0.717, 1.165) is 12.8 Å². The van der Waals surface area contributed by atoms with Gasteiger partial charge in [-0.2, -0.15) is 12.7 Å². The van der Waals surface area contributed by atoms with Crippen molar-refractivity contribution in [3.8, 4) is 0 Å². The van der Waals surface area contributed by atoms with Gasteiger partial charge >= 0.3 is 0 Å². The maximum Gasteiger partial charge on any atom is 0.276 e. The van der Waals surface area contributed by atoms with Crippen LogP contribution in [-0.2, 0) is 14.9 Å². The van der Waals surface area contributed by atoms with E-state index in [0.29, 0.717) is 19.7 Å². The first kappa shape index (κ1) is 13.6. The molecule has 84 valence electrons. The zero-order valence-corrected chi connectivity index (χ0v) is 9.29. The van der Waals surface area contributed by atoms with Gasteiger partial charge in [-0.1, -0.05) is 6.08 Å². The predicted octanol–water partition coefficient (Wildman–Crippen LogP) is 0.105. The Morgan fingerprint density at radius 1 is 1.50 bits per heavy atom. The molecule has 5 nitrogen and oxygen atoms in total. The van der Waals surface area contributed by atoms with Crippen LogP contribution < -0.4 is 5.14 Å². The van der Waals surface area contributed by atoms with Gasteiger partial charge in [0.25, 0.3) is 10.2 Å². The van der Waals surface area contributed by atoms with Crippen LogP contribution in [0.15, 0.2) is 12.7 Å². The number of nitrogens with zero attached hydrogens (tertiary/aromatic N) is 1. The van der Waals surface area contributed by atoms with Crippen LogP contribution in [0.2, 0.25) is 0 Å². The minimum absolute atomic E-state index is 0.298. The summed E-state index contributed by atoms with van der Waals surface area (Å²) in [4.78, 5) is 0. The van der Waals surface area contributed by atoms with Crippen LogP contribution in [-0.4, -0.2) is 39.5 Å². The third kappa shape index (κ3) is 6.09. The number of hydrogen-bond donors (Lipinski definition) is 1. The number of hydrogen-bond acceptors (Lipinski definition) is 3. The Morgan fingerprint density at radius 2 is 2.14 bits per heavy atom. The highest BCUT2D eigenvalue weighted by Gasteiger charge is 2.15. The first-order valence-electron chi connectivity index (χ1n) is 4.40. The summed E-state index contributed by atoms with van der Waals surface area (Å²) in [5.41, 5.74) is 0. The SMILES string of the molecule is C=CCCCN(CCOC)S(N)(=O)=O. The molecule has 0 rings (SSSR count). The Balaban J connectivity index is 4.05. The lowest BCUT2D eigenvalue weighted by molar-refractivity contribution is 0.178. The van der Waals surface area contributed by atoms with Crippen molar-refractivity contribution in [1.29, 1.82) is 0 Å². The van der Waals surface area contributed by atoms with E-state index < -0.39 is 10.2 Å². The fraction of sp³-hybridized carbons (Fsp3) is 0.750. The summed E-state index contributed by atoms with van der Waals surface area (Å²) >= 11 is 0. The summed E-state index contributed by atoms with van der Waals surface area (Å²) in [6, 6.07) is 0. The fourth-order valence-electron chi connectivity index (χ4n) is 0.971. The van der Waals surface area contributed by atoms with E-state index in [-0.39, 0.29) is 0 Å². The van der Waals surface area contributed by atoms with Gasteiger partial charge < -0.3 is 4.74 Å². The van der Waals surface area contributed by atoms with Gasteiger partial charge in [0.15, 0.2) is 0 Å². The normalized spacial score (nSPS) is 11.9. The Bertz CT molecular complexity index is 251. The van der Waals surface area contributed by atoms with Gasteiger partial charge in [0.1, 0.15) is 0 Å². The fourth-order valence-corrected chi connectivity index (χ4v) is 1.68. The Morgan fingerprint density at radius 3 is 2.57 bits per heavy atom. The van der Waals surface area contributed by atoms with E-state index >= 15 is 0 Å². The minimum atomic E-state index is -3.60. The average Bonchev–Trinajstić information content (AvgIpc) is 2.09. The van der Waals surface area contributed by atoms with Crippen molar-refractivity contribution >= 4 is 10.2 Å². The van der Waals surface area contributed by atoms with Crippen LogP contribution >= 0.6 is 0 Å². The van der Waals surface area contributed by atoms with Crippen LogP contribution in [0, 0.1) is 0 Å². The second kappa shape index (κ2) is 6.94. The van der Waals surface area contributed by atoms with E-state index in [2.05, 4.69) is 6.58 Å². The summed E-state index contributed by atoms with van der Waals surface area (Å²) in [7, 11) is -2.08. The molecule has 0 fully saturated rings. The molecule has 0 atom stereocenters. The molecule has 0 aliphatic carbocycles. The Hall–Kier alpha value is -0.430. The average molecular weight is 222 g/mol. The van der Waals surface area contributed by atoms with Crippen molar-refractivity contribution in [2.75, 3.05) is 26.8 Å². The lowest BCUT2D eigenvalue weighted by atomic mass is 10.3. The molecule has 0 saturated heterocycles. The lowest BCUT2D eigenvalue weighted by Gasteiger charge is -2.18. The first-order chi connectivity index (χ1) is 6.52. The molecule has 0 aliphatic rings. The van der Waals surface area contributed by atoms with Crippen LogP contribution in [0.3, 0.4) is 0 Å². The van der Waals surface area contributed by atoms with E-state index in [1.165, 1.54) is 11.4 Å². The largest absolute Gasteiger partial charge is 0.383 e. The van der Waals surface area contributed by atoms with E-state index in [4.69, 9.17) is 9.88 Å². The molecule has 0 aromatic heterocycles. The summed E-state index contributed by atoms with van der Waals surface area (Å²) in [6.07, 6.45) is 3.25. The number of rotatable bonds is 8. The molecule has 0 amide bonds. The van der Waals surface area contributed by atoms with Crippen molar-refractivity contribution in [3.63, 3.8) is 0 Å². The molecule has 0 heterocycles. The molecule has 0 unspecified atom stereocenters. The predicted molar refractivity (Wildman–Crippen MR) is 56.0 cm³/mol. The van der Waals surface area contributed by atoms with Crippen molar-refractivity contribution in [2.45, 2.75) is 12.8 Å².